The van der Waals surface area contributed by atoms with Crippen LogP contribution in [0.25, 0.3) is 0 Å². The van der Waals surface area contributed by atoms with Gasteiger partial charge in [0.1, 0.15) is 0 Å². The van der Waals surface area contributed by atoms with Crippen LogP contribution < -0.4 is 5.32 Å². The first-order valence-corrected chi connectivity index (χ1v) is 6.80. The number of rotatable bonds is 4. The molecule has 0 spiro atoms. The van der Waals surface area contributed by atoms with Crippen LogP contribution in [0.15, 0.2) is 18.2 Å². The molecule has 0 aliphatic heterocycles. The minimum atomic E-state index is 0.342. The standard InChI is InChI=1S/C16H23N3/c1-10-6-7-15(11(2)8-10)12(3)17-9-16-13(4)18-19-14(16)5/h6-8,12,17H,9H2,1-5H3,(H,18,19). The molecule has 0 saturated heterocycles. The Morgan fingerprint density at radius 3 is 2.53 bits per heavy atom. The van der Waals surface area contributed by atoms with Crippen LogP contribution in [0, 0.1) is 27.7 Å². The molecule has 1 aromatic heterocycles. The number of aromatic amines is 1. The molecule has 1 atom stereocenters. The van der Waals surface area contributed by atoms with Crippen LogP contribution in [0.5, 0.6) is 0 Å². The van der Waals surface area contributed by atoms with Crippen molar-refractivity contribution in [1.29, 1.82) is 0 Å². The Hall–Kier alpha value is -1.61. The summed E-state index contributed by atoms with van der Waals surface area (Å²) in [6, 6.07) is 6.98. The molecule has 3 nitrogen and oxygen atoms in total. The SMILES string of the molecule is Cc1ccc(C(C)NCc2c(C)n[nH]c2C)c(C)c1. The maximum Gasteiger partial charge on any atom is 0.0638 e. The highest BCUT2D eigenvalue weighted by Crippen LogP contribution is 2.19. The second-order valence-corrected chi connectivity index (χ2v) is 5.38. The van der Waals surface area contributed by atoms with Gasteiger partial charge in [-0.05, 0) is 45.7 Å². The third kappa shape index (κ3) is 3.04. The minimum absolute atomic E-state index is 0.342. The molecule has 1 aromatic carbocycles. The number of benzene rings is 1. The van der Waals surface area contributed by atoms with E-state index in [9.17, 15) is 0 Å². The van der Waals surface area contributed by atoms with Gasteiger partial charge in [-0.1, -0.05) is 23.8 Å². The first-order valence-electron chi connectivity index (χ1n) is 6.80. The van der Waals surface area contributed by atoms with Gasteiger partial charge in [0, 0.05) is 23.8 Å². The van der Waals surface area contributed by atoms with Crippen LogP contribution in [-0.4, -0.2) is 10.2 Å². The predicted molar refractivity (Wildman–Crippen MR) is 79.2 cm³/mol. The monoisotopic (exact) mass is 257 g/mol. The van der Waals surface area contributed by atoms with E-state index in [4.69, 9.17) is 0 Å². The molecule has 2 rings (SSSR count). The Kier molecular flexibility index (Phi) is 4.05. The zero-order valence-corrected chi connectivity index (χ0v) is 12.5. The molecule has 2 aromatic rings. The van der Waals surface area contributed by atoms with Gasteiger partial charge in [0.2, 0.25) is 0 Å². The third-order valence-electron chi connectivity index (χ3n) is 3.76. The van der Waals surface area contributed by atoms with Crippen LogP contribution in [0.2, 0.25) is 0 Å². The van der Waals surface area contributed by atoms with Crippen LogP contribution in [0.4, 0.5) is 0 Å². The number of nitrogens with zero attached hydrogens (tertiary/aromatic N) is 1. The highest BCUT2D eigenvalue weighted by Gasteiger charge is 2.11. The van der Waals surface area contributed by atoms with Gasteiger partial charge in [0.25, 0.3) is 0 Å². The van der Waals surface area contributed by atoms with Crippen molar-refractivity contribution in [2.75, 3.05) is 0 Å². The van der Waals surface area contributed by atoms with Crippen molar-refractivity contribution < 1.29 is 0 Å². The quantitative estimate of drug-likeness (QED) is 0.880. The maximum atomic E-state index is 4.23. The molecule has 0 bridgehead atoms. The van der Waals surface area contributed by atoms with Gasteiger partial charge in [-0.2, -0.15) is 5.10 Å². The zero-order chi connectivity index (χ0) is 14.0. The summed E-state index contributed by atoms with van der Waals surface area (Å²) in [5.74, 6) is 0. The number of hydrogen-bond donors (Lipinski definition) is 2. The fourth-order valence-corrected chi connectivity index (χ4v) is 2.51. The maximum absolute atomic E-state index is 4.23. The summed E-state index contributed by atoms with van der Waals surface area (Å²) in [5, 5.41) is 10.8. The molecule has 102 valence electrons. The van der Waals surface area contributed by atoms with Crippen LogP contribution >= 0.6 is 0 Å². The number of nitrogens with one attached hydrogen (secondary N) is 2. The Labute approximate surface area is 115 Å². The Morgan fingerprint density at radius 1 is 1.21 bits per heavy atom. The second-order valence-electron chi connectivity index (χ2n) is 5.38. The Bertz CT molecular complexity index is 550. The molecule has 0 aliphatic carbocycles. The molecule has 0 amide bonds. The highest BCUT2D eigenvalue weighted by atomic mass is 15.1. The van der Waals surface area contributed by atoms with E-state index in [0.29, 0.717) is 6.04 Å². The number of aromatic nitrogens is 2. The predicted octanol–water partition coefficient (Wildman–Crippen LogP) is 3.49. The van der Waals surface area contributed by atoms with E-state index in [0.717, 1.165) is 17.9 Å². The van der Waals surface area contributed by atoms with Crippen molar-refractivity contribution in [3.63, 3.8) is 0 Å². The van der Waals surface area contributed by atoms with Crippen LogP contribution in [0.3, 0.4) is 0 Å². The van der Waals surface area contributed by atoms with E-state index in [1.54, 1.807) is 0 Å². The van der Waals surface area contributed by atoms with Gasteiger partial charge in [0.05, 0.1) is 5.69 Å². The molecule has 3 heteroatoms. The zero-order valence-electron chi connectivity index (χ0n) is 12.5. The molecule has 2 N–H and O–H groups in total. The lowest BCUT2D eigenvalue weighted by Gasteiger charge is -2.17. The molecule has 0 saturated carbocycles. The molecule has 19 heavy (non-hydrogen) atoms. The van der Waals surface area contributed by atoms with Crippen LogP contribution in [0.1, 0.15) is 46.6 Å². The van der Waals surface area contributed by atoms with E-state index >= 15 is 0 Å². The van der Waals surface area contributed by atoms with E-state index in [1.165, 1.54) is 22.3 Å². The fourth-order valence-electron chi connectivity index (χ4n) is 2.51. The summed E-state index contributed by atoms with van der Waals surface area (Å²) >= 11 is 0. The van der Waals surface area contributed by atoms with E-state index in [2.05, 4.69) is 61.4 Å². The lowest BCUT2D eigenvalue weighted by molar-refractivity contribution is 0.569. The van der Waals surface area contributed by atoms with E-state index in [-0.39, 0.29) is 0 Å². The number of H-pyrrole nitrogens is 1. The highest BCUT2D eigenvalue weighted by molar-refractivity contribution is 5.32. The average molecular weight is 257 g/mol. The summed E-state index contributed by atoms with van der Waals surface area (Å²) in [6.45, 7) is 11.5. The van der Waals surface area contributed by atoms with Gasteiger partial charge in [-0.15, -0.1) is 0 Å². The van der Waals surface area contributed by atoms with Gasteiger partial charge < -0.3 is 5.32 Å². The van der Waals surface area contributed by atoms with E-state index < -0.39 is 0 Å². The molecule has 0 aliphatic rings. The summed E-state index contributed by atoms with van der Waals surface area (Å²) in [5.41, 5.74) is 7.53. The smallest absolute Gasteiger partial charge is 0.0638 e. The van der Waals surface area contributed by atoms with Crippen molar-refractivity contribution in [1.82, 2.24) is 15.5 Å². The summed E-state index contributed by atoms with van der Waals surface area (Å²) in [4.78, 5) is 0. The van der Waals surface area contributed by atoms with Crippen molar-refractivity contribution in [3.8, 4) is 0 Å². The van der Waals surface area contributed by atoms with Crippen molar-refractivity contribution in [3.05, 3.63) is 51.8 Å². The first kappa shape index (κ1) is 13.8. The first-order chi connectivity index (χ1) is 8.99. The molecule has 0 fully saturated rings. The molecule has 0 radical (unpaired) electrons. The lowest BCUT2D eigenvalue weighted by Crippen LogP contribution is -2.19. The molecular weight excluding hydrogens is 234 g/mol. The molecule has 1 unspecified atom stereocenters. The minimum Gasteiger partial charge on any atom is -0.306 e. The van der Waals surface area contributed by atoms with Gasteiger partial charge in [-0.3, -0.25) is 5.10 Å². The van der Waals surface area contributed by atoms with Gasteiger partial charge in [0.15, 0.2) is 0 Å². The normalized spacial score (nSPS) is 12.7. The van der Waals surface area contributed by atoms with Gasteiger partial charge >= 0.3 is 0 Å². The second kappa shape index (κ2) is 5.57. The largest absolute Gasteiger partial charge is 0.306 e. The van der Waals surface area contributed by atoms with Crippen molar-refractivity contribution in [2.45, 2.75) is 47.2 Å². The fraction of sp³-hybridized carbons (Fsp3) is 0.438. The van der Waals surface area contributed by atoms with E-state index in [1.807, 2.05) is 6.92 Å². The topological polar surface area (TPSA) is 40.7 Å². The number of aryl methyl sites for hydroxylation is 4. The Morgan fingerprint density at radius 2 is 1.95 bits per heavy atom. The Balaban J connectivity index is 2.07. The lowest BCUT2D eigenvalue weighted by atomic mass is 10.00. The molecule has 1 heterocycles. The van der Waals surface area contributed by atoms with Gasteiger partial charge in [-0.25, -0.2) is 0 Å². The van der Waals surface area contributed by atoms with Crippen molar-refractivity contribution >= 4 is 0 Å². The van der Waals surface area contributed by atoms with Crippen LogP contribution in [-0.2, 0) is 6.54 Å². The summed E-state index contributed by atoms with van der Waals surface area (Å²) < 4.78 is 0. The van der Waals surface area contributed by atoms with Crippen molar-refractivity contribution in [2.24, 2.45) is 0 Å². The number of hydrogen-bond acceptors (Lipinski definition) is 2. The molecular formula is C16H23N3. The summed E-state index contributed by atoms with van der Waals surface area (Å²) in [7, 11) is 0. The third-order valence-corrected chi connectivity index (χ3v) is 3.76. The average Bonchev–Trinajstić information content (AvgIpc) is 2.66. The summed E-state index contributed by atoms with van der Waals surface area (Å²) in [6.07, 6.45) is 0.